The summed E-state index contributed by atoms with van der Waals surface area (Å²) in [4.78, 5) is 4.89. The highest BCUT2D eigenvalue weighted by atomic mass is 16.5. The van der Waals surface area contributed by atoms with Gasteiger partial charge in [-0.2, -0.15) is 0 Å². The van der Waals surface area contributed by atoms with E-state index >= 15 is 0 Å². The average Bonchev–Trinajstić information content (AvgIpc) is 2.37. The van der Waals surface area contributed by atoms with Crippen LogP contribution in [-0.4, -0.2) is 74.9 Å². The molecule has 0 amide bonds. The van der Waals surface area contributed by atoms with Gasteiger partial charge in [0.2, 0.25) is 0 Å². The standard InChI is InChI=1S/C13H27N3O/c1-3-16-7-8-17-13(11-16)9-14-12-5-4-6-15(2)10-12/h12-14H,3-11H2,1-2H3. The van der Waals surface area contributed by atoms with Crippen LogP contribution >= 0.6 is 0 Å². The number of morpholine rings is 1. The summed E-state index contributed by atoms with van der Waals surface area (Å²) >= 11 is 0. The molecule has 0 saturated carbocycles. The van der Waals surface area contributed by atoms with Gasteiger partial charge < -0.3 is 15.0 Å². The summed E-state index contributed by atoms with van der Waals surface area (Å²) in [6, 6.07) is 0.661. The van der Waals surface area contributed by atoms with Gasteiger partial charge in [0, 0.05) is 32.2 Å². The molecule has 2 fully saturated rings. The van der Waals surface area contributed by atoms with Crippen LogP contribution in [0.3, 0.4) is 0 Å². The van der Waals surface area contributed by atoms with Crippen LogP contribution in [0.15, 0.2) is 0 Å². The summed E-state index contributed by atoms with van der Waals surface area (Å²) in [5, 5.41) is 3.67. The van der Waals surface area contributed by atoms with Gasteiger partial charge in [-0.1, -0.05) is 6.92 Å². The number of ether oxygens (including phenoxy) is 1. The molecule has 0 radical (unpaired) electrons. The Morgan fingerprint density at radius 1 is 1.29 bits per heavy atom. The van der Waals surface area contributed by atoms with Gasteiger partial charge in [0.05, 0.1) is 12.7 Å². The van der Waals surface area contributed by atoms with Crippen molar-refractivity contribution in [1.82, 2.24) is 15.1 Å². The molecule has 2 saturated heterocycles. The zero-order valence-electron chi connectivity index (χ0n) is 11.3. The number of likely N-dealkylation sites (N-methyl/N-ethyl adjacent to an activating group) is 2. The van der Waals surface area contributed by atoms with Crippen molar-refractivity contribution in [3.63, 3.8) is 0 Å². The molecule has 100 valence electrons. The summed E-state index contributed by atoms with van der Waals surface area (Å²) in [7, 11) is 2.21. The molecular weight excluding hydrogens is 214 g/mol. The topological polar surface area (TPSA) is 27.7 Å². The maximum atomic E-state index is 5.81. The van der Waals surface area contributed by atoms with E-state index in [0.717, 1.165) is 32.8 Å². The van der Waals surface area contributed by atoms with Crippen LogP contribution in [0.5, 0.6) is 0 Å². The molecule has 2 aliphatic rings. The Hall–Kier alpha value is -0.160. The van der Waals surface area contributed by atoms with Gasteiger partial charge in [-0.05, 0) is 33.0 Å². The van der Waals surface area contributed by atoms with E-state index in [2.05, 4.69) is 29.1 Å². The number of likely N-dealkylation sites (tertiary alicyclic amines) is 1. The fourth-order valence-corrected chi connectivity index (χ4v) is 2.82. The zero-order valence-corrected chi connectivity index (χ0v) is 11.3. The number of nitrogens with zero attached hydrogens (tertiary/aromatic N) is 2. The van der Waals surface area contributed by atoms with Crippen molar-refractivity contribution in [2.75, 3.05) is 52.9 Å². The quantitative estimate of drug-likeness (QED) is 0.771. The number of hydrogen-bond donors (Lipinski definition) is 1. The Kier molecular flexibility index (Phi) is 5.22. The van der Waals surface area contributed by atoms with Gasteiger partial charge in [0.15, 0.2) is 0 Å². The summed E-state index contributed by atoms with van der Waals surface area (Å²) < 4.78 is 5.81. The summed E-state index contributed by atoms with van der Waals surface area (Å²) in [6.45, 7) is 9.90. The molecule has 17 heavy (non-hydrogen) atoms. The minimum Gasteiger partial charge on any atom is -0.374 e. The first-order valence-corrected chi connectivity index (χ1v) is 7.04. The van der Waals surface area contributed by atoms with E-state index in [1.54, 1.807) is 0 Å². The van der Waals surface area contributed by atoms with Gasteiger partial charge in [-0.15, -0.1) is 0 Å². The second-order valence-corrected chi connectivity index (χ2v) is 5.40. The normalized spacial score (nSPS) is 32.8. The van der Waals surface area contributed by atoms with Crippen LogP contribution in [0.25, 0.3) is 0 Å². The van der Waals surface area contributed by atoms with Crippen LogP contribution in [0.2, 0.25) is 0 Å². The third kappa shape index (κ3) is 4.21. The van der Waals surface area contributed by atoms with E-state index in [1.807, 2.05) is 0 Å². The largest absolute Gasteiger partial charge is 0.374 e. The maximum Gasteiger partial charge on any atom is 0.0826 e. The average molecular weight is 241 g/mol. The highest BCUT2D eigenvalue weighted by molar-refractivity contribution is 4.79. The molecule has 2 heterocycles. The second-order valence-electron chi connectivity index (χ2n) is 5.40. The molecule has 2 aliphatic heterocycles. The molecule has 2 atom stereocenters. The Balaban J connectivity index is 1.66. The van der Waals surface area contributed by atoms with Gasteiger partial charge in [0.25, 0.3) is 0 Å². The SMILES string of the molecule is CCN1CCOC(CNC2CCCN(C)C2)C1. The number of hydrogen-bond acceptors (Lipinski definition) is 4. The lowest BCUT2D eigenvalue weighted by Gasteiger charge is -2.35. The monoisotopic (exact) mass is 241 g/mol. The predicted molar refractivity (Wildman–Crippen MR) is 70.4 cm³/mol. The maximum absolute atomic E-state index is 5.81. The molecule has 0 aromatic heterocycles. The Labute approximate surface area is 105 Å². The highest BCUT2D eigenvalue weighted by Gasteiger charge is 2.22. The number of nitrogens with one attached hydrogen (secondary N) is 1. The lowest BCUT2D eigenvalue weighted by molar-refractivity contribution is -0.0271. The van der Waals surface area contributed by atoms with E-state index in [-0.39, 0.29) is 0 Å². The van der Waals surface area contributed by atoms with Crippen LogP contribution in [-0.2, 0) is 4.74 Å². The van der Waals surface area contributed by atoms with Crippen LogP contribution in [0, 0.1) is 0 Å². The van der Waals surface area contributed by atoms with E-state index < -0.39 is 0 Å². The third-order valence-corrected chi connectivity index (χ3v) is 3.93. The first-order valence-electron chi connectivity index (χ1n) is 7.04. The second kappa shape index (κ2) is 6.69. The molecule has 4 heteroatoms. The first kappa shape index (κ1) is 13.3. The van der Waals surface area contributed by atoms with E-state index in [4.69, 9.17) is 4.74 Å². The van der Waals surface area contributed by atoms with E-state index in [1.165, 1.54) is 25.9 Å². The van der Waals surface area contributed by atoms with Gasteiger partial charge >= 0.3 is 0 Å². The Morgan fingerprint density at radius 2 is 2.18 bits per heavy atom. The highest BCUT2D eigenvalue weighted by Crippen LogP contribution is 2.09. The van der Waals surface area contributed by atoms with Crippen molar-refractivity contribution in [3.05, 3.63) is 0 Å². The van der Waals surface area contributed by atoms with Crippen LogP contribution < -0.4 is 5.32 Å². The van der Waals surface area contributed by atoms with Crippen molar-refractivity contribution in [3.8, 4) is 0 Å². The molecule has 0 spiro atoms. The minimum atomic E-state index is 0.385. The molecule has 0 bridgehead atoms. The molecule has 0 aromatic rings. The molecule has 2 rings (SSSR count). The first-order chi connectivity index (χ1) is 8.28. The molecule has 0 aromatic carbocycles. The molecule has 2 unspecified atom stereocenters. The van der Waals surface area contributed by atoms with Crippen LogP contribution in [0.1, 0.15) is 19.8 Å². The zero-order chi connectivity index (χ0) is 12.1. The lowest BCUT2D eigenvalue weighted by Crippen LogP contribution is -2.51. The Bertz CT molecular complexity index is 225. The fourth-order valence-electron chi connectivity index (χ4n) is 2.82. The minimum absolute atomic E-state index is 0.385. The van der Waals surface area contributed by atoms with Crippen molar-refractivity contribution in [2.45, 2.75) is 31.9 Å². The van der Waals surface area contributed by atoms with E-state index in [9.17, 15) is 0 Å². The summed E-state index contributed by atoms with van der Waals surface area (Å²) in [5.41, 5.74) is 0. The van der Waals surface area contributed by atoms with E-state index in [0.29, 0.717) is 12.1 Å². The number of rotatable bonds is 4. The predicted octanol–water partition coefficient (Wildman–Crippen LogP) is 0.391. The van der Waals surface area contributed by atoms with Gasteiger partial charge in [-0.25, -0.2) is 0 Å². The lowest BCUT2D eigenvalue weighted by atomic mass is 10.1. The Morgan fingerprint density at radius 3 is 2.94 bits per heavy atom. The summed E-state index contributed by atoms with van der Waals surface area (Å²) in [5.74, 6) is 0. The van der Waals surface area contributed by atoms with Gasteiger partial charge in [0.1, 0.15) is 0 Å². The van der Waals surface area contributed by atoms with Crippen molar-refractivity contribution >= 4 is 0 Å². The molecule has 0 aliphatic carbocycles. The summed E-state index contributed by atoms with van der Waals surface area (Å²) in [6.07, 6.45) is 3.02. The smallest absolute Gasteiger partial charge is 0.0826 e. The molecule has 4 nitrogen and oxygen atoms in total. The number of piperidine rings is 1. The fraction of sp³-hybridized carbons (Fsp3) is 1.00. The third-order valence-electron chi connectivity index (χ3n) is 3.93. The molecule has 1 N–H and O–H groups in total. The van der Waals surface area contributed by atoms with Crippen molar-refractivity contribution in [1.29, 1.82) is 0 Å². The van der Waals surface area contributed by atoms with Crippen molar-refractivity contribution < 1.29 is 4.74 Å². The van der Waals surface area contributed by atoms with Gasteiger partial charge in [-0.3, -0.25) is 4.90 Å². The van der Waals surface area contributed by atoms with Crippen molar-refractivity contribution in [2.24, 2.45) is 0 Å². The molecular formula is C13H27N3O. The van der Waals surface area contributed by atoms with Crippen LogP contribution in [0.4, 0.5) is 0 Å².